The fraction of sp³-hybridized carbons (Fsp3) is 0.360. The number of nitrogens with one attached hydrogen (secondary N) is 1. The van der Waals surface area contributed by atoms with Gasteiger partial charge in [-0.3, -0.25) is 19.3 Å². The van der Waals surface area contributed by atoms with Crippen LogP contribution in [0.4, 0.5) is 11.4 Å². The first-order valence-electron chi connectivity index (χ1n) is 11.4. The largest absolute Gasteiger partial charge is 0.462 e. The van der Waals surface area contributed by atoms with Crippen molar-refractivity contribution < 1.29 is 23.9 Å². The van der Waals surface area contributed by atoms with Gasteiger partial charge >= 0.3 is 5.97 Å². The first-order chi connectivity index (χ1) is 16.4. The number of esters is 1. The number of rotatable bonds is 3. The van der Waals surface area contributed by atoms with Crippen molar-refractivity contribution in [3.63, 3.8) is 0 Å². The molecule has 9 heteroatoms. The molecule has 0 radical (unpaired) electrons. The predicted octanol–water partition coefficient (Wildman–Crippen LogP) is 3.06. The molecular weight excluding hydrogens is 502 g/mol. The minimum atomic E-state index is -1.21. The molecule has 3 fully saturated rings. The molecule has 4 heterocycles. The second-order valence-electron chi connectivity index (χ2n) is 9.10. The maximum Gasteiger partial charge on any atom is 0.338 e. The quantitative estimate of drug-likeness (QED) is 0.490. The summed E-state index contributed by atoms with van der Waals surface area (Å²) in [5, 5.41) is 2.97. The summed E-state index contributed by atoms with van der Waals surface area (Å²) in [6, 6.07) is 11.7. The van der Waals surface area contributed by atoms with E-state index in [0.29, 0.717) is 23.5 Å². The van der Waals surface area contributed by atoms with Gasteiger partial charge in [0.2, 0.25) is 17.7 Å². The van der Waals surface area contributed by atoms with E-state index in [-0.39, 0.29) is 30.4 Å². The molecule has 4 aliphatic heterocycles. The molecule has 0 saturated carbocycles. The predicted molar refractivity (Wildman–Crippen MR) is 126 cm³/mol. The van der Waals surface area contributed by atoms with E-state index in [9.17, 15) is 19.2 Å². The van der Waals surface area contributed by atoms with Crippen LogP contribution in [0.2, 0.25) is 0 Å². The molecule has 1 N–H and O–H groups in total. The Balaban J connectivity index is 1.45. The number of amides is 3. The topological polar surface area (TPSA) is 96.0 Å². The van der Waals surface area contributed by atoms with E-state index in [1.54, 1.807) is 31.2 Å². The zero-order valence-electron chi connectivity index (χ0n) is 18.4. The summed E-state index contributed by atoms with van der Waals surface area (Å²) in [5.41, 5.74) is 0.948. The molecule has 0 bridgehead atoms. The Bertz CT molecular complexity index is 1260. The third-order valence-corrected chi connectivity index (χ3v) is 8.08. The van der Waals surface area contributed by atoms with Crippen molar-refractivity contribution in [3.05, 3.63) is 58.1 Å². The van der Waals surface area contributed by atoms with Gasteiger partial charge in [0.15, 0.2) is 0 Å². The summed E-state index contributed by atoms with van der Waals surface area (Å²) in [6.45, 7) is 2.64. The minimum absolute atomic E-state index is 0.180. The number of hydrogen-bond acceptors (Lipinski definition) is 6. The number of hydrogen-bond donors (Lipinski definition) is 1. The minimum Gasteiger partial charge on any atom is -0.462 e. The third-order valence-electron chi connectivity index (χ3n) is 7.59. The maximum absolute atomic E-state index is 13.9. The van der Waals surface area contributed by atoms with E-state index in [0.717, 1.165) is 22.9 Å². The Morgan fingerprint density at radius 2 is 1.91 bits per heavy atom. The van der Waals surface area contributed by atoms with Crippen LogP contribution < -0.4 is 10.2 Å². The molecule has 174 valence electrons. The Labute approximate surface area is 204 Å². The number of ether oxygens (including phenoxy) is 1. The van der Waals surface area contributed by atoms with Crippen LogP contribution in [-0.2, 0) is 24.7 Å². The van der Waals surface area contributed by atoms with Gasteiger partial charge in [0.1, 0.15) is 5.54 Å². The molecular formula is C25H22BrN3O5. The molecule has 4 aliphatic rings. The van der Waals surface area contributed by atoms with Gasteiger partial charge in [0, 0.05) is 21.8 Å². The monoisotopic (exact) mass is 523 g/mol. The van der Waals surface area contributed by atoms with E-state index >= 15 is 0 Å². The Morgan fingerprint density at radius 3 is 2.65 bits per heavy atom. The van der Waals surface area contributed by atoms with E-state index in [4.69, 9.17) is 4.74 Å². The van der Waals surface area contributed by atoms with Gasteiger partial charge < -0.3 is 10.1 Å². The highest BCUT2D eigenvalue weighted by molar-refractivity contribution is 9.10. The van der Waals surface area contributed by atoms with Crippen LogP contribution in [0.25, 0.3) is 0 Å². The number of carbonyl (C=O) groups is 4. The third kappa shape index (κ3) is 2.62. The van der Waals surface area contributed by atoms with Crippen molar-refractivity contribution in [2.75, 3.05) is 23.4 Å². The normalized spacial score (nSPS) is 29.4. The molecule has 8 nitrogen and oxygen atoms in total. The molecule has 1 spiro atoms. The second kappa shape index (κ2) is 7.48. The highest BCUT2D eigenvalue weighted by Crippen LogP contribution is 2.60. The first-order valence-corrected chi connectivity index (χ1v) is 12.2. The smallest absolute Gasteiger partial charge is 0.338 e. The lowest BCUT2D eigenvalue weighted by Gasteiger charge is -2.36. The van der Waals surface area contributed by atoms with E-state index in [1.165, 1.54) is 4.90 Å². The van der Waals surface area contributed by atoms with Crippen LogP contribution >= 0.6 is 15.9 Å². The van der Waals surface area contributed by atoms with Crippen molar-refractivity contribution >= 4 is 51.0 Å². The van der Waals surface area contributed by atoms with Crippen molar-refractivity contribution in [2.45, 2.75) is 31.3 Å². The van der Waals surface area contributed by atoms with Crippen LogP contribution in [0.1, 0.15) is 35.7 Å². The summed E-state index contributed by atoms with van der Waals surface area (Å²) in [7, 11) is 0. The Kier molecular flexibility index (Phi) is 4.73. The SMILES string of the molecule is CCOC(=O)c1ccc(N2C(=O)C3C4CCCN4C4(C(=O)Nc5ccc(Br)cc54)C3C2=O)cc1. The number of fused-ring (bicyclic) bond motifs is 7. The summed E-state index contributed by atoms with van der Waals surface area (Å²) < 4.78 is 5.83. The number of anilines is 2. The average Bonchev–Trinajstić information content (AvgIpc) is 3.53. The van der Waals surface area contributed by atoms with E-state index in [2.05, 4.69) is 26.1 Å². The van der Waals surface area contributed by atoms with Gasteiger partial charge in [-0.25, -0.2) is 9.69 Å². The summed E-state index contributed by atoms with van der Waals surface area (Å²) in [4.78, 5) is 56.6. The molecule has 4 unspecified atom stereocenters. The molecule has 6 rings (SSSR count). The van der Waals surface area contributed by atoms with Crippen LogP contribution in [0.15, 0.2) is 46.9 Å². The van der Waals surface area contributed by atoms with Gasteiger partial charge in [0.25, 0.3) is 0 Å². The standard InChI is InChI=1S/C25H22BrN3O5/c1-2-34-23(32)13-5-8-15(9-6-13)29-21(30)19-18-4-3-11-28(18)25(20(19)22(29)31)16-12-14(26)7-10-17(16)27-24(25)33/h5-10,12,18-20H,2-4,11H2,1H3,(H,27,33). The van der Waals surface area contributed by atoms with Gasteiger partial charge in [-0.1, -0.05) is 15.9 Å². The molecule has 0 aliphatic carbocycles. The van der Waals surface area contributed by atoms with Crippen LogP contribution in [0.5, 0.6) is 0 Å². The number of halogens is 1. The number of benzene rings is 2. The van der Waals surface area contributed by atoms with E-state index < -0.39 is 23.3 Å². The van der Waals surface area contributed by atoms with Crippen LogP contribution in [0.3, 0.4) is 0 Å². The summed E-state index contributed by atoms with van der Waals surface area (Å²) in [5.74, 6) is -2.79. The highest BCUT2D eigenvalue weighted by Gasteiger charge is 2.74. The van der Waals surface area contributed by atoms with Crippen molar-refractivity contribution in [1.82, 2.24) is 4.90 Å². The number of imide groups is 1. The van der Waals surface area contributed by atoms with Crippen LogP contribution in [-0.4, -0.2) is 47.8 Å². The fourth-order valence-corrected chi connectivity index (χ4v) is 6.75. The van der Waals surface area contributed by atoms with Crippen LogP contribution in [0, 0.1) is 11.8 Å². The number of nitrogens with zero attached hydrogens (tertiary/aromatic N) is 2. The zero-order chi connectivity index (χ0) is 23.8. The lowest BCUT2D eigenvalue weighted by molar-refractivity contribution is -0.135. The molecule has 0 aromatic heterocycles. The number of carbonyl (C=O) groups excluding carboxylic acids is 4. The average molecular weight is 524 g/mol. The first kappa shape index (κ1) is 21.5. The second-order valence-corrected chi connectivity index (χ2v) is 10.0. The fourth-order valence-electron chi connectivity index (χ4n) is 6.39. The van der Waals surface area contributed by atoms with Gasteiger partial charge in [0.05, 0.1) is 29.7 Å². The summed E-state index contributed by atoms with van der Waals surface area (Å²) in [6.07, 6.45) is 1.62. The molecule has 4 atom stereocenters. The highest BCUT2D eigenvalue weighted by atomic mass is 79.9. The molecule has 3 amide bonds. The zero-order valence-corrected chi connectivity index (χ0v) is 20.0. The Morgan fingerprint density at radius 1 is 1.15 bits per heavy atom. The Hall–Kier alpha value is -3.04. The van der Waals surface area contributed by atoms with Crippen molar-refractivity contribution in [1.29, 1.82) is 0 Å². The van der Waals surface area contributed by atoms with Gasteiger partial charge in [-0.15, -0.1) is 0 Å². The molecule has 2 aromatic carbocycles. The van der Waals surface area contributed by atoms with E-state index in [1.807, 2.05) is 18.2 Å². The lowest BCUT2D eigenvalue weighted by atomic mass is 9.75. The van der Waals surface area contributed by atoms with Gasteiger partial charge in [-0.2, -0.15) is 0 Å². The van der Waals surface area contributed by atoms with Crippen molar-refractivity contribution in [3.8, 4) is 0 Å². The van der Waals surface area contributed by atoms with Gasteiger partial charge in [-0.05, 0) is 68.8 Å². The summed E-state index contributed by atoms with van der Waals surface area (Å²) >= 11 is 3.51. The molecule has 3 saturated heterocycles. The molecule has 34 heavy (non-hydrogen) atoms. The lowest BCUT2D eigenvalue weighted by Crippen LogP contribution is -2.54. The maximum atomic E-state index is 13.9. The molecule has 2 aromatic rings. The van der Waals surface area contributed by atoms with Crippen molar-refractivity contribution in [2.24, 2.45) is 11.8 Å².